The molecule has 3 unspecified atom stereocenters. The first-order valence-corrected chi connectivity index (χ1v) is 7.94. The van der Waals surface area contributed by atoms with E-state index in [2.05, 4.69) is 36.0 Å². The van der Waals surface area contributed by atoms with Gasteiger partial charge in [0, 0.05) is 31.2 Å². The van der Waals surface area contributed by atoms with E-state index in [0.29, 0.717) is 0 Å². The third-order valence-electron chi connectivity index (χ3n) is 4.79. The molecule has 1 saturated heterocycles. The fraction of sp³-hybridized carbons (Fsp3) is 1.00. The second-order valence-corrected chi connectivity index (χ2v) is 6.08. The first-order valence-electron chi connectivity index (χ1n) is 7.94. The minimum atomic E-state index is 0.743. The number of hydrogen-bond donors (Lipinski definition) is 1. The van der Waals surface area contributed by atoms with Gasteiger partial charge >= 0.3 is 0 Å². The van der Waals surface area contributed by atoms with Gasteiger partial charge < -0.3 is 10.2 Å². The van der Waals surface area contributed by atoms with Gasteiger partial charge in [0.25, 0.3) is 0 Å². The summed E-state index contributed by atoms with van der Waals surface area (Å²) >= 11 is 0. The Hall–Kier alpha value is -0.120. The lowest BCUT2D eigenvalue weighted by Crippen LogP contribution is -2.52. The van der Waals surface area contributed by atoms with Crippen LogP contribution in [0.5, 0.6) is 0 Å². The number of nitrogens with zero attached hydrogens (tertiary/aromatic N) is 2. The Labute approximate surface area is 113 Å². The van der Waals surface area contributed by atoms with Crippen LogP contribution < -0.4 is 5.32 Å². The van der Waals surface area contributed by atoms with Crippen molar-refractivity contribution in [2.24, 2.45) is 0 Å². The van der Waals surface area contributed by atoms with E-state index in [-0.39, 0.29) is 0 Å². The van der Waals surface area contributed by atoms with Crippen molar-refractivity contribution in [3.8, 4) is 0 Å². The van der Waals surface area contributed by atoms with Gasteiger partial charge in [-0.1, -0.05) is 20.3 Å². The fourth-order valence-corrected chi connectivity index (χ4v) is 3.90. The van der Waals surface area contributed by atoms with Gasteiger partial charge in [0.15, 0.2) is 0 Å². The quantitative estimate of drug-likeness (QED) is 0.826. The molecule has 1 aliphatic heterocycles. The van der Waals surface area contributed by atoms with E-state index in [1.54, 1.807) is 0 Å². The zero-order valence-electron chi connectivity index (χ0n) is 12.5. The second kappa shape index (κ2) is 6.88. The number of likely N-dealkylation sites (N-methyl/N-ethyl adjacent to an activating group) is 2. The molecule has 0 radical (unpaired) electrons. The van der Waals surface area contributed by atoms with Crippen LogP contribution >= 0.6 is 0 Å². The van der Waals surface area contributed by atoms with E-state index >= 15 is 0 Å². The second-order valence-electron chi connectivity index (χ2n) is 6.08. The molecule has 3 heteroatoms. The van der Waals surface area contributed by atoms with E-state index in [0.717, 1.165) is 24.7 Å². The molecule has 2 aliphatic rings. The molecule has 2 rings (SSSR count). The summed E-state index contributed by atoms with van der Waals surface area (Å²) in [5.74, 6) is 0. The minimum absolute atomic E-state index is 0.743. The average molecular weight is 253 g/mol. The molecule has 18 heavy (non-hydrogen) atoms. The molecule has 0 aromatic carbocycles. The third-order valence-corrected chi connectivity index (χ3v) is 4.79. The third kappa shape index (κ3) is 3.25. The van der Waals surface area contributed by atoms with Gasteiger partial charge in [-0.3, -0.25) is 4.90 Å². The molecule has 2 fully saturated rings. The Bertz CT molecular complexity index is 244. The van der Waals surface area contributed by atoms with Crippen molar-refractivity contribution in [3.05, 3.63) is 0 Å². The Morgan fingerprint density at radius 1 is 1.11 bits per heavy atom. The summed E-state index contributed by atoms with van der Waals surface area (Å²) in [6, 6.07) is 2.30. The van der Waals surface area contributed by atoms with Crippen molar-refractivity contribution in [2.45, 2.75) is 64.1 Å². The maximum absolute atomic E-state index is 3.71. The molecule has 1 N–H and O–H groups in total. The van der Waals surface area contributed by atoms with Gasteiger partial charge in [-0.15, -0.1) is 0 Å². The molecule has 0 aromatic rings. The highest BCUT2D eigenvalue weighted by Gasteiger charge is 2.35. The van der Waals surface area contributed by atoms with Gasteiger partial charge in [-0.2, -0.15) is 0 Å². The van der Waals surface area contributed by atoms with Crippen molar-refractivity contribution >= 4 is 0 Å². The van der Waals surface area contributed by atoms with E-state index in [9.17, 15) is 0 Å². The zero-order valence-corrected chi connectivity index (χ0v) is 12.5. The van der Waals surface area contributed by atoms with Crippen LogP contribution in [0.4, 0.5) is 0 Å². The first kappa shape index (κ1) is 14.3. The topological polar surface area (TPSA) is 18.5 Å². The highest BCUT2D eigenvalue weighted by Crippen LogP contribution is 2.28. The lowest BCUT2D eigenvalue weighted by atomic mass is 10.1. The van der Waals surface area contributed by atoms with E-state index in [1.807, 2.05) is 0 Å². The SMILES string of the molecule is CCNC1CCCC1N1CCCN(C)CC1CC. The highest BCUT2D eigenvalue weighted by atomic mass is 15.3. The number of nitrogens with one attached hydrogen (secondary N) is 1. The largest absolute Gasteiger partial charge is 0.313 e. The summed E-state index contributed by atoms with van der Waals surface area (Å²) < 4.78 is 0. The molecule has 0 bridgehead atoms. The number of hydrogen-bond acceptors (Lipinski definition) is 3. The highest BCUT2D eigenvalue weighted by molar-refractivity contribution is 4.94. The fourth-order valence-electron chi connectivity index (χ4n) is 3.90. The van der Waals surface area contributed by atoms with Crippen molar-refractivity contribution in [1.29, 1.82) is 0 Å². The Morgan fingerprint density at radius 3 is 2.67 bits per heavy atom. The van der Waals surface area contributed by atoms with Crippen molar-refractivity contribution in [3.63, 3.8) is 0 Å². The molecule has 3 nitrogen and oxygen atoms in total. The Kier molecular flexibility index (Phi) is 5.46. The molecular formula is C15H31N3. The summed E-state index contributed by atoms with van der Waals surface area (Å²) in [4.78, 5) is 5.36. The Morgan fingerprint density at radius 2 is 1.94 bits per heavy atom. The van der Waals surface area contributed by atoms with Gasteiger partial charge in [0.1, 0.15) is 0 Å². The van der Waals surface area contributed by atoms with Gasteiger partial charge in [0.05, 0.1) is 0 Å². The van der Waals surface area contributed by atoms with Gasteiger partial charge in [0.2, 0.25) is 0 Å². The molecule has 0 spiro atoms. The average Bonchev–Trinajstić information content (AvgIpc) is 2.72. The van der Waals surface area contributed by atoms with Crippen LogP contribution in [0.2, 0.25) is 0 Å². The molecule has 1 saturated carbocycles. The zero-order chi connectivity index (χ0) is 13.0. The van der Waals surface area contributed by atoms with Crippen molar-refractivity contribution in [2.75, 3.05) is 33.2 Å². The summed E-state index contributed by atoms with van der Waals surface area (Å²) in [5.41, 5.74) is 0. The summed E-state index contributed by atoms with van der Waals surface area (Å²) in [6.07, 6.45) is 6.81. The summed E-state index contributed by atoms with van der Waals surface area (Å²) in [6.45, 7) is 9.54. The molecule has 1 aliphatic carbocycles. The standard InChI is InChI=1S/C15H31N3/c1-4-13-12-17(3)10-7-11-18(13)15-9-6-8-14(15)16-5-2/h13-16H,4-12H2,1-3H3. The smallest absolute Gasteiger partial charge is 0.0252 e. The summed E-state index contributed by atoms with van der Waals surface area (Å²) in [5, 5.41) is 3.71. The van der Waals surface area contributed by atoms with E-state index < -0.39 is 0 Å². The summed E-state index contributed by atoms with van der Waals surface area (Å²) in [7, 11) is 2.28. The number of rotatable bonds is 4. The van der Waals surface area contributed by atoms with Crippen LogP contribution in [0, 0.1) is 0 Å². The Balaban J connectivity index is 2.03. The lowest BCUT2D eigenvalue weighted by molar-refractivity contribution is 0.113. The molecule has 106 valence electrons. The van der Waals surface area contributed by atoms with Crippen LogP contribution in [0.25, 0.3) is 0 Å². The monoisotopic (exact) mass is 253 g/mol. The van der Waals surface area contributed by atoms with Crippen molar-refractivity contribution < 1.29 is 0 Å². The first-order chi connectivity index (χ1) is 8.76. The van der Waals surface area contributed by atoms with Crippen LogP contribution in [0.15, 0.2) is 0 Å². The van der Waals surface area contributed by atoms with Crippen LogP contribution in [0.1, 0.15) is 46.0 Å². The predicted octanol–water partition coefficient (Wildman–Crippen LogP) is 1.93. The maximum atomic E-state index is 3.71. The lowest BCUT2D eigenvalue weighted by Gasteiger charge is -2.38. The molecule has 1 heterocycles. The van der Waals surface area contributed by atoms with E-state index in [4.69, 9.17) is 0 Å². The van der Waals surface area contributed by atoms with Crippen LogP contribution in [-0.4, -0.2) is 61.2 Å². The molecule has 3 atom stereocenters. The normalized spacial score (nSPS) is 35.8. The molecule has 0 aromatic heterocycles. The van der Waals surface area contributed by atoms with Gasteiger partial charge in [-0.05, 0) is 45.8 Å². The molecular weight excluding hydrogens is 222 g/mol. The van der Waals surface area contributed by atoms with Gasteiger partial charge in [-0.25, -0.2) is 0 Å². The predicted molar refractivity (Wildman–Crippen MR) is 78.0 cm³/mol. The maximum Gasteiger partial charge on any atom is 0.0252 e. The molecule has 0 amide bonds. The van der Waals surface area contributed by atoms with Crippen molar-refractivity contribution in [1.82, 2.24) is 15.1 Å². The van der Waals surface area contributed by atoms with Crippen LogP contribution in [0.3, 0.4) is 0 Å². The van der Waals surface area contributed by atoms with E-state index in [1.165, 1.54) is 51.7 Å². The minimum Gasteiger partial charge on any atom is -0.313 e. The van der Waals surface area contributed by atoms with Crippen LogP contribution in [-0.2, 0) is 0 Å².